The van der Waals surface area contributed by atoms with Gasteiger partial charge in [0.05, 0.1) is 9.82 Å². The molecule has 1 aliphatic heterocycles. The first-order chi connectivity index (χ1) is 15.3. The summed E-state index contributed by atoms with van der Waals surface area (Å²) in [5.41, 5.74) is 4.84. The Balaban J connectivity index is 1.68. The number of rotatable bonds is 9. The molecule has 32 heavy (non-hydrogen) atoms. The van der Waals surface area contributed by atoms with E-state index in [4.69, 9.17) is 0 Å². The lowest BCUT2D eigenvalue weighted by molar-refractivity contribution is -0.384. The van der Waals surface area contributed by atoms with Gasteiger partial charge in [0.25, 0.3) is 5.69 Å². The van der Waals surface area contributed by atoms with Crippen molar-refractivity contribution in [3.8, 4) is 0 Å². The molecule has 0 aromatic heterocycles. The second kappa shape index (κ2) is 10.7. The molecule has 1 heterocycles. The fourth-order valence-corrected chi connectivity index (χ4v) is 5.17. The van der Waals surface area contributed by atoms with E-state index in [9.17, 15) is 18.5 Å². The van der Waals surface area contributed by atoms with Crippen molar-refractivity contribution in [3.63, 3.8) is 0 Å². The van der Waals surface area contributed by atoms with Crippen LogP contribution in [0, 0.1) is 10.1 Å². The number of hydrogen-bond donors (Lipinski definition) is 1. The second-order valence-corrected chi connectivity index (χ2v) is 9.51. The maximum absolute atomic E-state index is 12.7. The van der Waals surface area contributed by atoms with Gasteiger partial charge in [-0.3, -0.25) is 20.4 Å². The van der Waals surface area contributed by atoms with Crippen molar-refractivity contribution in [1.29, 1.82) is 0 Å². The van der Waals surface area contributed by atoms with E-state index in [1.54, 1.807) is 13.8 Å². The van der Waals surface area contributed by atoms with Crippen molar-refractivity contribution in [1.82, 2.24) is 9.21 Å². The molecule has 9 nitrogen and oxygen atoms in total. The summed E-state index contributed by atoms with van der Waals surface area (Å²) in [5.74, 6) is 0. The number of nitrogens with zero attached hydrogens (tertiary/aromatic N) is 4. The minimum atomic E-state index is -3.78. The molecule has 2 aromatic carbocycles. The van der Waals surface area contributed by atoms with Crippen molar-refractivity contribution >= 4 is 27.1 Å². The average molecular weight is 460 g/mol. The summed E-state index contributed by atoms with van der Waals surface area (Å²) in [5, 5.41) is 16.0. The summed E-state index contributed by atoms with van der Waals surface area (Å²) in [6, 6.07) is 14.2. The largest absolute Gasteiger partial charge is 0.298 e. The third-order valence-electron chi connectivity index (χ3n) is 5.53. The number of nitro benzene ring substituents is 1. The van der Waals surface area contributed by atoms with E-state index in [0.717, 1.165) is 44.3 Å². The molecule has 1 saturated heterocycles. The lowest BCUT2D eigenvalue weighted by Crippen LogP contribution is -2.33. The molecule has 1 aliphatic rings. The van der Waals surface area contributed by atoms with Gasteiger partial charge in [0.2, 0.25) is 10.0 Å². The van der Waals surface area contributed by atoms with Crippen LogP contribution in [0.3, 0.4) is 0 Å². The molecule has 0 bridgehead atoms. The number of sulfonamides is 1. The van der Waals surface area contributed by atoms with E-state index in [2.05, 4.69) is 27.6 Å². The predicted octanol–water partition coefficient (Wildman–Crippen LogP) is 3.69. The summed E-state index contributed by atoms with van der Waals surface area (Å²) in [6.45, 7) is 6.65. The van der Waals surface area contributed by atoms with E-state index in [1.807, 2.05) is 18.2 Å². The minimum absolute atomic E-state index is 0.0969. The van der Waals surface area contributed by atoms with E-state index in [1.165, 1.54) is 22.0 Å². The Morgan fingerprint density at radius 1 is 1.09 bits per heavy atom. The monoisotopic (exact) mass is 459 g/mol. The topological polar surface area (TPSA) is 108 Å². The first kappa shape index (κ1) is 23.8. The number of hydrazone groups is 1. The summed E-state index contributed by atoms with van der Waals surface area (Å²) in [4.78, 5) is 13.2. The first-order valence-electron chi connectivity index (χ1n) is 10.7. The molecule has 0 aliphatic carbocycles. The Morgan fingerprint density at radius 2 is 1.75 bits per heavy atom. The van der Waals surface area contributed by atoms with E-state index in [-0.39, 0.29) is 16.3 Å². The van der Waals surface area contributed by atoms with Crippen LogP contribution in [-0.2, 0) is 16.6 Å². The van der Waals surface area contributed by atoms with Crippen molar-refractivity contribution in [3.05, 3.63) is 64.2 Å². The highest BCUT2D eigenvalue weighted by atomic mass is 32.2. The van der Waals surface area contributed by atoms with Gasteiger partial charge in [0.15, 0.2) is 0 Å². The van der Waals surface area contributed by atoms with Gasteiger partial charge in [-0.2, -0.15) is 9.41 Å². The van der Waals surface area contributed by atoms with Crippen LogP contribution in [0.25, 0.3) is 0 Å². The van der Waals surface area contributed by atoms with Crippen LogP contribution in [0.2, 0.25) is 0 Å². The number of piperidine rings is 1. The van der Waals surface area contributed by atoms with Crippen LogP contribution >= 0.6 is 0 Å². The van der Waals surface area contributed by atoms with E-state index < -0.39 is 14.9 Å². The van der Waals surface area contributed by atoms with Crippen LogP contribution in [0.5, 0.6) is 0 Å². The third kappa shape index (κ3) is 5.70. The SMILES string of the molecule is CCN(CC)S(=O)(=O)c1ccc(NN=C2CCN(Cc3ccccc3)CC2)c([N+](=O)[O-])c1. The zero-order chi connectivity index (χ0) is 23.1. The van der Waals surface area contributed by atoms with Crippen LogP contribution in [-0.4, -0.2) is 54.4 Å². The third-order valence-corrected chi connectivity index (χ3v) is 7.57. The smallest absolute Gasteiger partial charge is 0.295 e. The molecule has 0 spiro atoms. The standard InChI is InChI=1S/C22H29N5O4S/c1-3-26(4-2)32(30,31)20-10-11-21(22(16-20)27(28)29)24-23-19-12-14-25(15-13-19)17-18-8-6-5-7-9-18/h5-11,16,24H,3-4,12-15,17H2,1-2H3. The van der Waals surface area contributed by atoms with Crippen molar-refractivity contribution < 1.29 is 13.3 Å². The number of nitrogens with one attached hydrogen (secondary N) is 1. The molecule has 10 heteroatoms. The number of benzene rings is 2. The summed E-state index contributed by atoms with van der Waals surface area (Å²) in [6.07, 6.45) is 1.53. The summed E-state index contributed by atoms with van der Waals surface area (Å²) in [7, 11) is -3.78. The average Bonchev–Trinajstić information content (AvgIpc) is 2.79. The molecule has 0 amide bonds. The molecule has 2 aromatic rings. The zero-order valence-electron chi connectivity index (χ0n) is 18.4. The van der Waals surface area contributed by atoms with Crippen molar-refractivity contribution in [2.24, 2.45) is 5.10 Å². The van der Waals surface area contributed by atoms with E-state index in [0.29, 0.717) is 13.1 Å². The van der Waals surface area contributed by atoms with Crippen LogP contribution in [0.1, 0.15) is 32.3 Å². The number of nitro groups is 1. The van der Waals surface area contributed by atoms with Gasteiger partial charge in [0.1, 0.15) is 5.69 Å². The highest BCUT2D eigenvalue weighted by molar-refractivity contribution is 7.89. The quantitative estimate of drug-likeness (QED) is 0.453. The maximum Gasteiger partial charge on any atom is 0.295 e. The molecule has 0 atom stereocenters. The van der Waals surface area contributed by atoms with Gasteiger partial charge in [-0.05, 0) is 17.7 Å². The Bertz CT molecular complexity index is 1060. The number of hydrogen-bond acceptors (Lipinski definition) is 7. The second-order valence-electron chi connectivity index (χ2n) is 7.58. The molecular weight excluding hydrogens is 430 g/mol. The Hall–Kier alpha value is -2.82. The van der Waals surface area contributed by atoms with E-state index >= 15 is 0 Å². The summed E-state index contributed by atoms with van der Waals surface area (Å²) < 4.78 is 26.7. The van der Waals surface area contributed by atoms with Gasteiger partial charge in [0, 0.05) is 57.3 Å². The van der Waals surface area contributed by atoms with Gasteiger partial charge in [-0.15, -0.1) is 0 Å². The Labute approximate surface area is 188 Å². The highest BCUT2D eigenvalue weighted by Gasteiger charge is 2.26. The fraction of sp³-hybridized carbons (Fsp3) is 0.409. The van der Waals surface area contributed by atoms with Gasteiger partial charge in [-0.1, -0.05) is 44.2 Å². The van der Waals surface area contributed by atoms with Crippen LogP contribution in [0.4, 0.5) is 11.4 Å². The Morgan fingerprint density at radius 3 is 2.34 bits per heavy atom. The number of anilines is 1. The maximum atomic E-state index is 12.7. The highest BCUT2D eigenvalue weighted by Crippen LogP contribution is 2.29. The Kier molecular flexibility index (Phi) is 7.94. The minimum Gasteiger partial charge on any atom is -0.298 e. The molecule has 0 saturated carbocycles. The van der Waals surface area contributed by atoms with Crippen molar-refractivity contribution in [2.45, 2.75) is 38.1 Å². The lowest BCUT2D eigenvalue weighted by atomic mass is 10.1. The van der Waals surface area contributed by atoms with Crippen LogP contribution < -0.4 is 5.43 Å². The van der Waals surface area contributed by atoms with Gasteiger partial charge in [-0.25, -0.2) is 8.42 Å². The molecule has 0 unspecified atom stereocenters. The van der Waals surface area contributed by atoms with Gasteiger partial charge < -0.3 is 0 Å². The fourth-order valence-electron chi connectivity index (χ4n) is 3.69. The zero-order valence-corrected chi connectivity index (χ0v) is 19.2. The normalized spacial score (nSPS) is 15.0. The number of likely N-dealkylation sites (tertiary alicyclic amines) is 1. The lowest BCUT2D eigenvalue weighted by Gasteiger charge is -2.27. The molecule has 3 rings (SSSR count). The first-order valence-corrected chi connectivity index (χ1v) is 12.2. The predicted molar refractivity (Wildman–Crippen MR) is 125 cm³/mol. The van der Waals surface area contributed by atoms with Crippen LogP contribution in [0.15, 0.2) is 58.5 Å². The van der Waals surface area contributed by atoms with Crippen molar-refractivity contribution in [2.75, 3.05) is 31.6 Å². The molecule has 1 fully saturated rings. The molecule has 0 radical (unpaired) electrons. The molecular formula is C22H29N5O4S. The summed E-state index contributed by atoms with van der Waals surface area (Å²) >= 11 is 0. The van der Waals surface area contributed by atoms with Gasteiger partial charge >= 0.3 is 0 Å². The molecule has 172 valence electrons. The molecule has 1 N–H and O–H groups in total.